The largest absolute Gasteiger partial charge is 0.550 e. The minimum atomic E-state index is -0.985. The Morgan fingerprint density at radius 2 is 1.85 bits per heavy atom. The van der Waals surface area contributed by atoms with Crippen molar-refractivity contribution in [2.75, 3.05) is 39.4 Å². The first-order valence-corrected chi connectivity index (χ1v) is 7.43. The number of morpholine rings is 1. The second-order valence-electron chi connectivity index (χ2n) is 5.62. The van der Waals surface area contributed by atoms with E-state index in [1.807, 2.05) is 9.80 Å². The first-order valence-electron chi connectivity index (χ1n) is 7.43. The number of carbonyl (C=O) groups is 2. The van der Waals surface area contributed by atoms with Gasteiger partial charge in [-0.05, 0) is 24.7 Å². The van der Waals surface area contributed by atoms with Gasteiger partial charge in [-0.25, -0.2) is 4.79 Å². The molecule has 2 atom stereocenters. The maximum Gasteiger partial charge on any atom is 0.320 e. The summed E-state index contributed by atoms with van der Waals surface area (Å²) >= 11 is 0. The van der Waals surface area contributed by atoms with Gasteiger partial charge in [-0.1, -0.05) is 13.3 Å². The molecule has 0 saturated carbocycles. The quantitative estimate of drug-likeness (QED) is 0.726. The van der Waals surface area contributed by atoms with Crippen LogP contribution in [0.3, 0.4) is 0 Å². The van der Waals surface area contributed by atoms with Crippen LogP contribution in [0, 0.1) is 11.8 Å². The number of rotatable bonds is 3. The summed E-state index contributed by atoms with van der Waals surface area (Å²) in [4.78, 5) is 26.9. The van der Waals surface area contributed by atoms with Gasteiger partial charge in [0.25, 0.3) is 0 Å². The number of hydrogen-bond acceptors (Lipinski definition) is 4. The maximum atomic E-state index is 12.4. The van der Waals surface area contributed by atoms with Gasteiger partial charge in [-0.3, -0.25) is 0 Å². The fraction of sp³-hybridized carbons (Fsp3) is 0.857. The molecular weight excluding hydrogens is 260 g/mol. The minimum Gasteiger partial charge on any atom is -0.550 e. The Hall–Kier alpha value is -1.30. The molecule has 2 rings (SSSR count). The Morgan fingerprint density at radius 3 is 2.45 bits per heavy atom. The predicted octanol–water partition coefficient (Wildman–Crippen LogP) is -0.0733. The molecule has 114 valence electrons. The van der Waals surface area contributed by atoms with E-state index >= 15 is 0 Å². The highest BCUT2D eigenvalue weighted by molar-refractivity contribution is 5.74. The summed E-state index contributed by atoms with van der Waals surface area (Å²) in [5, 5.41) is 10.8. The molecule has 6 heteroatoms. The molecular formula is C14H23N2O4-. The van der Waals surface area contributed by atoms with E-state index in [9.17, 15) is 14.7 Å². The molecule has 6 nitrogen and oxygen atoms in total. The van der Waals surface area contributed by atoms with E-state index < -0.39 is 5.97 Å². The fourth-order valence-corrected chi connectivity index (χ4v) is 3.15. The van der Waals surface area contributed by atoms with Gasteiger partial charge in [0.15, 0.2) is 0 Å². The van der Waals surface area contributed by atoms with Gasteiger partial charge in [0.05, 0.1) is 13.2 Å². The van der Waals surface area contributed by atoms with Crippen LogP contribution in [-0.4, -0.2) is 61.2 Å². The van der Waals surface area contributed by atoms with Crippen molar-refractivity contribution in [1.29, 1.82) is 0 Å². The molecule has 0 aliphatic carbocycles. The number of urea groups is 1. The molecule has 2 heterocycles. The van der Waals surface area contributed by atoms with E-state index in [0.29, 0.717) is 39.4 Å². The Balaban J connectivity index is 1.91. The molecule has 0 N–H and O–H groups in total. The Labute approximate surface area is 119 Å². The van der Waals surface area contributed by atoms with E-state index in [1.54, 1.807) is 0 Å². The number of piperidine rings is 1. The molecule has 2 saturated heterocycles. The third-order valence-electron chi connectivity index (χ3n) is 4.40. The van der Waals surface area contributed by atoms with Crippen LogP contribution in [0.4, 0.5) is 4.79 Å². The molecule has 0 aromatic rings. The Bertz CT molecular complexity index is 355. The first kappa shape index (κ1) is 15.1. The average molecular weight is 283 g/mol. The van der Waals surface area contributed by atoms with Crippen LogP contribution in [0.1, 0.15) is 26.2 Å². The van der Waals surface area contributed by atoms with Gasteiger partial charge in [-0.15, -0.1) is 0 Å². The number of carboxylic acid groups (broad SMARTS) is 1. The zero-order valence-corrected chi connectivity index (χ0v) is 12.0. The zero-order chi connectivity index (χ0) is 14.5. The molecule has 0 radical (unpaired) electrons. The van der Waals surface area contributed by atoms with E-state index in [0.717, 1.165) is 12.8 Å². The minimum absolute atomic E-state index is 0.0682. The molecule has 2 aliphatic rings. The van der Waals surface area contributed by atoms with Gasteiger partial charge < -0.3 is 24.4 Å². The van der Waals surface area contributed by atoms with Crippen molar-refractivity contribution in [3.05, 3.63) is 0 Å². The molecule has 0 spiro atoms. The molecule has 0 aromatic carbocycles. The smallest absolute Gasteiger partial charge is 0.320 e. The van der Waals surface area contributed by atoms with Crippen molar-refractivity contribution < 1.29 is 19.4 Å². The van der Waals surface area contributed by atoms with Crippen molar-refractivity contribution in [3.8, 4) is 0 Å². The van der Waals surface area contributed by atoms with Gasteiger partial charge in [-0.2, -0.15) is 0 Å². The van der Waals surface area contributed by atoms with Gasteiger partial charge in [0.2, 0.25) is 0 Å². The number of carboxylic acids is 1. The van der Waals surface area contributed by atoms with E-state index in [-0.39, 0.29) is 24.3 Å². The summed E-state index contributed by atoms with van der Waals surface area (Å²) in [6, 6.07) is 0.0682. The third kappa shape index (κ3) is 3.62. The Morgan fingerprint density at radius 1 is 1.15 bits per heavy atom. The standard InChI is InChI=1S/C14H24N2O4/c1-2-11-10-16(4-3-12(11)9-13(17)18)14(19)15-5-7-20-8-6-15/h11-12H,2-10H2,1H3,(H,17,18)/p-1/t11-,12-/m0/s1. The maximum absolute atomic E-state index is 12.4. The molecule has 2 aliphatic heterocycles. The SMILES string of the molecule is CC[C@H]1CN(C(=O)N2CCOCC2)CC[C@H]1CC(=O)[O-]. The second kappa shape index (κ2) is 6.92. The zero-order valence-electron chi connectivity index (χ0n) is 12.0. The van der Waals surface area contributed by atoms with Crippen molar-refractivity contribution >= 4 is 12.0 Å². The van der Waals surface area contributed by atoms with Crippen LogP contribution < -0.4 is 5.11 Å². The molecule has 20 heavy (non-hydrogen) atoms. The monoisotopic (exact) mass is 283 g/mol. The van der Waals surface area contributed by atoms with Crippen molar-refractivity contribution in [3.63, 3.8) is 0 Å². The summed E-state index contributed by atoms with van der Waals surface area (Å²) in [5.41, 5.74) is 0. The number of aliphatic carboxylic acids is 1. The van der Waals surface area contributed by atoms with Gasteiger partial charge in [0, 0.05) is 32.1 Å². The summed E-state index contributed by atoms with van der Waals surface area (Å²) in [6.07, 6.45) is 1.76. The molecule has 2 amide bonds. The number of nitrogens with zero attached hydrogens (tertiary/aromatic N) is 2. The van der Waals surface area contributed by atoms with Crippen molar-refractivity contribution in [1.82, 2.24) is 9.80 Å². The number of ether oxygens (including phenoxy) is 1. The number of amides is 2. The van der Waals surface area contributed by atoms with Crippen LogP contribution >= 0.6 is 0 Å². The lowest BCUT2D eigenvalue weighted by atomic mass is 9.81. The topological polar surface area (TPSA) is 72.9 Å². The van der Waals surface area contributed by atoms with Crippen LogP contribution in [0.25, 0.3) is 0 Å². The van der Waals surface area contributed by atoms with Crippen LogP contribution in [0.5, 0.6) is 0 Å². The molecule has 2 fully saturated rings. The highest BCUT2D eigenvalue weighted by Crippen LogP contribution is 2.29. The summed E-state index contributed by atoms with van der Waals surface area (Å²) < 4.78 is 5.26. The third-order valence-corrected chi connectivity index (χ3v) is 4.40. The summed E-state index contributed by atoms with van der Waals surface area (Å²) in [6.45, 7) is 5.85. The van der Waals surface area contributed by atoms with Crippen LogP contribution in [-0.2, 0) is 9.53 Å². The van der Waals surface area contributed by atoms with E-state index in [1.165, 1.54) is 0 Å². The molecule has 0 aromatic heterocycles. The van der Waals surface area contributed by atoms with E-state index in [4.69, 9.17) is 4.74 Å². The molecule has 0 unspecified atom stereocenters. The van der Waals surface area contributed by atoms with E-state index in [2.05, 4.69) is 6.92 Å². The average Bonchev–Trinajstić information content (AvgIpc) is 2.47. The van der Waals surface area contributed by atoms with Crippen LogP contribution in [0.2, 0.25) is 0 Å². The van der Waals surface area contributed by atoms with Crippen molar-refractivity contribution in [2.45, 2.75) is 26.2 Å². The number of hydrogen-bond donors (Lipinski definition) is 0. The highest BCUT2D eigenvalue weighted by Gasteiger charge is 2.32. The highest BCUT2D eigenvalue weighted by atomic mass is 16.5. The van der Waals surface area contributed by atoms with Gasteiger partial charge >= 0.3 is 6.03 Å². The van der Waals surface area contributed by atoms with Crippen molar-refractivity contribution in [2.24, 2.45) is 11.8 Å². The normalized spacial score (nSPS) is 27.4. The predicted molar refractivity (Wildman–Crippen MR) is 70.9 cm³/mol. The number of carbonyl (C=O) groups excluding carboxylic acids is 2. The first-order chi connectivity index (χ1) is 9.61. The Kier molecular flexibility index (Phi) is 5.23. The fourth-order valence-electron chi connectivity index (χ4n) is 3.15. The lowest BCUT2D eigenvalue weighted by Crippen LogP contribution is -2.52. The van der Waals surface area contributed by atoms with Gasteiger partial charge in [0.1, 0.15) is 0 Å². The number of likely N-dealkylation sites (tertiary alicyclic amines) is 1. The van der Waals surface area contributed by atoms with Crippen LogP contribution in [0.15, 0.2) is 0 Å². The second-order valence-corrected chi connectivity index (χ2v) is 5.62. The summed E-state index contributed by atoms with van der Waals surface area (Å²) in [5.74, 6) is -0.591. The summed E-state index contributed by atoms with van der Waals surface area (Å²) in [7, 11) is 0. The lowest BCUT2D eigenvalue weighted by molar-refractivity contribution is -0.307. The molecule has 0 bridgehead atoms. The lowest BCUT2D eigenvalue weighted by Gasteiger charge is -2.41.